The molecule has 0 spiro atoms. The Balaban J connectivity index is 1.68. The maximum atomic E-state index is 12.6. The van der Waals surface area contributed by atoms with Crippen molar-refractivity contribution in [3.05, 3.63) is 66.0 Å². The first-order valence-electron chi connectivity index (χ1n) is 10.1. The zero-order valence-electron chi connectivity index (χ0n) is 18.2. The topological polar surface area (TPSA) is 106 Å². The van der Waals surface area contributed by atoms with E-state index in [1.165, 1.54) is 25.6 Å². The first-order valence-corrected chi connectivity index (χ1v) is 11.1. The van der Waals surface area contributed by atoms with Gasteiger partial charge in [-0.05, 0) is 44.0 Å². The second-order valence-corrected chi connectivity index (χ2v) is 8.25. The average Bonchev–Trinajstić information content (AvgIpc) is 3.12. The molecule has 2 aromatic carbocycles. The van der Waals surface area contributed by atoms with Gasteiger partial charge in [-0.3, -0.25) is 19.0 Å². The molecule has 9 heteroatoms. The first-order chi connectivity index (χ1) is 15.3. The molecule has 0 saturated heterocycles. The van der Waals surface area contributed by atoms with E-state index in [9.17, 15) is 14.4 Å². The summed E-state index contributed by atoms with van der Waals surface area (Å²) in [4.78, 5) is 36.0. The molecule has 3 rings (SSSR count). The van der Waals surface area contributed by atoms with Gasteiger partial charge in [0, 0.05) is 12.6 Å². The first kappa shape index (κ1) is 23.2. The number of carbonyl (C=O) groups excluding carboxylic acids is 3. The van der Waals surface area contributed by atoms with Gasteiger partial charge in [0.1, 0.15) is 5.82 Å². The van der Waals surface area contributed by atoms with Crippen molar-refractivity contribution < 1.29 is 14.4 Å². The molecule has 0 radical (unpaired) electrons. The predicted molar refractivity (Wildman–Crippen MR) is 124 cm³/mol. The molecule has 1 atom stereocenters. The summed E-state index contributed by atoms with van der Waals surface area (Å²) < 4.78 is 1.82. The highest BCUT2D eigenvalue weighted by atomic mass is 32.2. The van der Waals surface area contributed by atoms with Gasteiger partial charge in [-0.1, -0.05) is 48.2 Å². The van der Waals surface area contributed by atoms with E-state index < -0.39 is 6.04 Å². The number of thioether (sulfide) groups is 1. The molecule has 0 aliphatic heterocycles. The number of Topliss-reactive ketones (excluding diaryl/α,β-unsaturated/α-hetero) is 1. The minimum Gasteiger partial charge on any atom is -0.345 e. The normalized spacial score (nSPS) is 11.6. The number of nitrogens with zero attached hydrogens (tertiary/aromatic N) is 3. The Morgan fingerprint density at radius 1 is 1.03 bits per heavy atom. The van der Waals surface area contributed by atoms with Gasteiger partial charge in [-0.15, -0.1) is 10.2 Å². The van der Waals surface area contributed by atoms with Crippen LogP contribution in [0.3, 0.4) is 0 Å². The van der Waals surface area contributed by atoms with Crippen LogP contribution in [0, 0.1) is 6.92 Å². The molecule has 32 heavy (non-hydrogen) atoms. The molecule has 0 aliphatic carbocycles. The highest BCUT2D eigenvalue weighted by Gasteiger charge is 2.19. The Hall–Kier alpha value is -3.46. The minimum absolute atomic E-state index is 0.0854. The highest BCUT2D eigenvalue weighted by molar-refractivity contribution is 7.99. The Labute approximate surface area is 190 Å². The number of nitrogens with one attached hydrogen (secondary N) is 2. The Morgan fingerprint density at radius 3 is 2.47 bits per heavy atom. The highest BCUT2D eigenvalue weighted by Crippen LogP contribution is 2.23. The monoisotopic (exact) mass is 451 g/mol. The van der Waals surface area contributed by atoms with E-state index >= 15 is 0 Å². The van der Waals surface area contributed by atoms with Crippen molar-refractivity contribution in [3.63, 3.8) is 0 Å². The van der Waals surface area contributed by atoms with E-state index in [4.69, 9.17) is 0 Å². The lowest BCUT2D eigenvalue weighted by molar-refractivity contribution is -0.125. The molecule has 3 aromatic rings. The molecule has 166 valence electrons. The van der Waals surface area contributed by atoms with Crippen LogP contribution in [0.25, 0.3) is 5.69 Å². The number of ketones is 1. The van der Waals surface area contributed by atoms with Crippen LogP contribution in [0.4, 0.5) is 5.69 Å². The molecule has 1 aromatic heterocycles. The second kappa shape index (κ2) is 10.7. The lowest BCUT2D eigenvalue weighted by atomic mass is 10.0. The third-order valence-electron chi connectivity index (χ3n) is 4.66. The summed E-state index contributed by atoms with van der Waals surface area (Å²) in [5, 5.41) is 14.4. The van der Waals surface area contributed by atoms with E-state index in [1.807, 2.05) is 60.0 Å². The van der Waals surface area contributed by atoms with Gasteiger partial charge in [0.05, 0.1) is 17.5 Å². The quantitative estimate of drug-likeness (QED) is 0.485. The number of rotatable bonds is 9. The molecule has 0 aliphatic rings. The van der Waals surface area contributed by atoms with Crippen molar-refractivity contribution in [1.29, 1.82) is 0 Å². The summed E-state index contributed by atoms with van der Waals surface area (Å²) in [6, 6.07) is 16.3. The summed E-state index contributed by atoms with van der Waals surface area (Å²) in [6.45, 7) is 4.74. The third-order valence-corrected chi connectivity index (χ3v) is 5.59. The maximum Gasteiger partial charge on any atom is 0.231 e. The van der Waals surface area contributed by atoms with Crippen molar-refractivity contribution in [2.45, 2.75) is 38.4 Å². The van der Waals surface area contributed by atoms with Crippen molar-refractivity contribution in [3.8, 4) is 5.69 Å². The van der Waals surface area contributed by atoms with Gasteiger partial charge in [-0.2, -0.15) is 0 Å². The molecule has 1 heterocycles. The molecular formula is C23H25N5O3S. The molecule has 0 fully saturated rings. The fourth-order valence-corrected chi connectivity index (χ4v) is 3.98. The van der Waals surface area contributed by atoms with E-state index in [-0.39, 0.29) is 23.4 Å². The van der Waals surface area contributed by atoms with Gasteiger partial charge in [0.2, 0.25) is 11.8 Å². The van der Waals surface area contributed by atoms with Crippen LogP contribution in [0.1, 0.15) is 25.2 Å². The Kier molecular flexibility index (Phi) is 7.77. The molecular weight excluding hydrogens is 426 g/mol. The molecule has 2 amide bonds. The predicted octanol–water partition coefficient (Wildman–Crippen LogP) is 2.94. The SMILES string of the molecule is CC(=O)Nc1cccc(-n2c(C)nnc2SCC(=O)NC(Cc2ccccc2)C(C)=O)c1. The fraction of sp³-hybridized carbons (Fsp3) is 0.261. The molecule has 8 nitrogen and oxygen atoms in total. The van der Waals surface area contributed by atoms with Crippen molar-refractivity contribution in [1.82, 2.24) is 20.1 Å². The molecule has 0 saturated carbocycles. The largest absolute Gasteiger partial charge is 0.345 e. The Morgan fingerprint density at radius 2 is 1.78 bits per heavy atom. The number of anilines is 1. The van der Waals surface area contributed by atoms with Crippen LogP contribution in [0.5, 0.6) is 0 Å². The van der Waals surface area contributed by atoms with Crippen molar-refractivity contribution >= 4 is 35.0 Å². The van der Waals surface area contributed by atoms with Gasteiger partial charge in [0.15, 0.2) is 10.9 Å². The minimum atomic E-state index is -0.584. The average molecular weight is 452 g/mol. The molecule has 0 bridgehead atoms. The molecule has 1 unspecified atom stereocenters. The van der Waals surface area contributed by atoms with Crippen LogP contribution in [0.15, 0.2) is 59.8 Å². The zero-order chi connectivity index (χ0) is 23.1. The van der Waals surface area contributed by atoms with Crippen LogP contribution < -0.4 is 10.6 Å². The lowest BCUT2D eigenvalue weighted by Crippen LogP contribution is -2.42. The standard InChI is InChI=1S/C23H25N5O3S/c1-15(29)21(12-18-8-5-4-6-9-18)25-22(31)14-32-23-27-26-16(2)28(23)20-11-7-10-19(13-20)24-17(3)30/h4-11,13,21H,12,14H2,1-3H3,(H,24,30)(H,25,31). The van der Waals surface area contributed by atoms with Gasteiger partial charge in [-0.25, -0.2) is 0 Å². The number of hydrogen-bond acceptors (Lipinski definition) is 6. The third kappa shape index (κ3) is 6.27. The van der Waals surface area contributed by atoms with Gasteiger partial charge in [0.25, 0.3) is 0 Å². The van der Waals surface area contributed by atoms with E-state index in [2.05, 4.69) is 20.8 Å². The van der Waals surface area contributed by atoms with E-state index in [1.54, 1.807) is 6.07 Å². The summed E-state index contributed by atoms with van der Waals surface area (Å²) in [5.41, 5.74) is 2.41. The Bertz CT molecular complexity index is 1110. The zero-order valence-corrected chi connectivity index (χ0v) is 19.0. The molecule has 2 N–H and O–H groups in total. The van der Waals surface area contributed by atoms with Crippen molar-refractivity contribution in [2.75, 3.05) is 11.1 Å². The summed E-state index contributed by atoms with van der Waals surface area (Å²) in [7, 11) is 0. The van der Waals surface area contributed by atoms with Crippen molar-refractivity contribution in [2.24, 2.45) is 0 Å². The smallest absolute Gasteiger partial charge is 0.231 e. The number of amides is 2. The number of aromatic nitrogens is 3. The van der Waals surface area contributed by atoms with Gasteiger partial charge >= 0.3 is 0 Å². The second-order valence-electron chi connectivity index (χ2n) is 7.31. The van der Waals surface area contributed by atoms with E-state index in [0.717, 1.165) is 11.3 Å². The summed E-state index contributed by atoms with van der Waals surface area (Å²) >= 11 is 1.23. The van der Waals surface area contributed by atoms with Gasteiger partial charge < -0.3 is 10.6 Å². The number of carbonyl (C=O) groups is 3. The lowest BCUT2D eigenvalue weighted by Gasteiger charge is -2.16. The van der Waals surface area contributed by atoms with Crippen LogP contribution in [-0.4, -0.2) is 44.2 Å². The summed E-state index contributed by atoms with van der Waals surface area (Å²) in [5.74, 6) is 0.219. The fourth-order valence-electron chi connectivity index (χ4n) is 3.17. The van der Waals surface area contributed by atoms with Crippen LogP contribution in [0.2, 0.25) is 0 Å². The summed E-state index contributed by atoms with van der Waals surface area (Å²) in [6.07, 6.45) is 0.442. The van der Waals surface area contributed by atoms with E-state index in [0.29, 0.717) is 23.1 Å². The van der Waals surface area contributed by atoms with Crippen LogP contribution in [-0.2, 0) is 20.8 Å². The number of aryl methyl sites for hydroxylation is 1. The maximum absolute atomic E-state index is 12.6. The number of hydrogen-bond donors (Lipinski definition) is 2. The number of benzene rings is 2. The van der Waals surface area contributed by atoms with Crippen LogP contribution >= 0.6 is 11.8 Å².